The molecule has 0 atom stereocenters. The molecule has 108 valence electrons. The molecule has 2 aromatic rings. The standard InChI is InChI=1S/C16H14FNO3/c1-10-6-12(8-13(17)7-10)15(19)18-14-5-3-4-11(9-14)16(20)21-2/h3-9H,1-2H3,(H,18,19). The first-order valence-corrected chi connectivity index (χ1v) is 6.26. The summed E-state index contributed by atoms with van der Waals surface area (Å²) >= 11 is 0. The molecule has 1 N–H and O–H groups in total. The molecule has 2 rings (SSSR count). The number of hydrogen-bond acceptors (Lipinski definition) is 3. The number of halogens is 1. The fraction of sp³-hybridized carbons (Fsp3) is 0.125. The molecular formula is C16H14FNO3. The number of methoxy groups -OCH3 is 1. The van der Waals surface area contributed by atoms with Crippen LogP contribution in [0.25, 0.3) is 0 Å². The van der Waals surface area contributed by atoms with Crippen LogP contribution >= 0.6 is 0 Å². The third kappa shape index (κ3) is 3.66. The average Bonchev–Trinajstić information content (AvgIpc) is 2.45. The van der Waals surface area contributed by atoms with E-state index in [9.17, 15) is 14.0 Å². The Hall–Kier alpha value is -2.69. The van der Waals surface area contributed by atoms with Crippen LogP contribution in [0.1, 0.15) is 26.3 Å². The first kappa shape index (κ1) is 14.7. The average molecular weight is 287 g/mol. The zero-order chi connectivity index (χ0) is 15.4. The number of anilines is 1. The summed E-state index contributed by atoms with van der Waals surface area (Å²) in [5.74, 6) is -1.41. The fourth-order valence-electron chi connectivity index (χ4n) is 1.91. The SMILES string of the molecule is COC(=O)c1cccc(NC(=O)c2cc(C)cc(F)c2)c1. The van der Waals surface area contributed by atoms with Crippen LogP contribution in [-0.2, 0) is 4.74 Å². The summed E-state index contributed by atoms with van der Waals surface area (Å²) < 4.78 is 17.9. The van der Waals surface area contributed by atoms with Crippen molar-refractivity contribution in [2.75, 3.05) is 12.4 Å². The van der Waals surface area contributed by atoms with Gasteiger partial charge >= 0.3 is 5.97 Å². The first-order valence-electron chi connectivity index (χ1n) is 6.26. The number of hydrogen-bond donors (Lipinski definition) is 1. The van der Waals surface area contributed by atoms with E-state index >= 15 is 0 Å². The van der Waals surface area contributed by atoms with Gasteiger partial charge in [0.1, 0.15) is 5.82 Å². The molecule has 5 heteroatoms. The zero-order valence-electron chi connectivity index (χ0n) is 11.6. The monoisotopic (exact) mass is 287 g/mol. The van der Waals surface area contributed by atoms with Crippen molar-refractivity contribution in [1.82, 2.24) is 0 Å². The van der Waals surface area contributed by atoms with E-state index in [0.717, 1.165) is 6.07 Å². The van der Waals surface area contributed by atoms with Gasteiger partial charge in [-0.25, -0.2) is 9.18 Å². The molecule has 0 spiro atoms. The molecule has 4 nitrogen and oxygen atoms in total. The van der Waals surface area contributed by atoms with Gasteiger partial charge in [0.2, 0.25) is 0 Å². The summed E-state index contributed by atoms with van der Waals surface area (Å²) in [6, 6.07) is 10.4. The Bertz CT molecular complexity index is 677. The number of benzene rings is 2. The minimum absolute atomic E-state index is 0.218. The number of amides is 1. The summed E-state index contributed by atoms with van der Waals surface area (Å²) in [5, 5.41) is 2.62. The van der Waals surface area contributed by atoms with Gasteiger partial charge in [0.25, 0.3) is 5.91 Å². The van der Waals surface area contributed by atoms with Crippen molar-refractivity contribution in [3.63, 3.8) is 0 Å². The topological polar surface area (TPSA) is 55.4 Å². The summed E-state index contributed by atoms with van der Waals surface area (Å²) in [7, 11) is 1.28. The van der Waals surface area contributed by atoms with Crippen LogP contribution in [0.2, 0.25) is 0 Å². The molecule has 0 saturated carbocycles. The highest BCUT2D eigenvalue weighted by Crippen LogP contribution is 2.14. The van der Waals surface area contributed by atoms with E-state index in [-0.39, 0.29) is 5.56 Å². The van der Waals surface area contributed by atoms with Crippen molar-refractivity contribution < 1.29 is 18.7 Å². The Morgan fingerprint density at radius 1 is 1.10 bits per heavy atom. The van der Waals surface area contributed by atoms with E-state index in [1.165, 1.54) is 19.2 Å². The quantitative estimate of drug-likeness (QED) is 0.882. The Balaban J connectivity index is 2.21. The predicted octanol–water partition coefficient (Wildman–Crippen LogP) is 3.17. The summed E-state index contributed by atoms with van der Waals surface area (Å²) in [4.78, 5) is 23.5. The van der Waals surface area contributed by atoms with Gasteiger partial charge in [-0.15, -0.1) is 0 Å². The number of esters is 1. The summed E-state index contributed by atoms with van der Waals surface area (Å²) in [6.07, 6.45) is 0. The first-order chi connectivity index (χ1) is 9.99. The van der Waals surface area contributed by atoms with Gasteiger partial charge in [-0.1, -0.05) is 6.07 Å². The van der Waals surface area contributed by atoms with E-state index in [1.54, 1.807) is 31.2 Å². The van der Waals surface area contributed by atoms with Crippen molar-refractivity contribution in [2.24, 2.45) is 0 Å². The highest BCUT2D eigenvalue weighted by molar-refractivity contribution is 6.05. The molecule has 0 heterocycles. The number of rotatable bonds is 3. The van der Waals surface area contributed by atoms with Gasteiger partial charge < -0.3 is 10.1 Å². The highest BCUT2D eigenvalue weighted by Gasteiger charge is 2.10. The smallest absolute Gasteiger partial charge is 0.337 e. The zero-order valence-corrected chi connectivity index (χ0v) is 11.6. The van der Waals surface area contributed by atoms with Crippen molar-refractivity contribution in [2.45, 2.75) is 6.92 Å². The van der Waals surface area contributed by atoms with E-state index in [4.69, 9.17) is 0 Å². The normalized spacial score (nSPS) is 10.0. The number of carbonyl (C=O) groups excluding carboxylic acids is 2. The van der Waals surface area contributed by atoms with Crippen LogP contribution in [0.15, 0.2) is 42.5 Å². The summed E-state index contributed by atoms with van der Waals surface area (Å²) in [5.41, 5.74) is 1.63. The second-order valence-electron chi connectivity index (χ2n) is 4.54. The van der Waals surface area contributed by atoms with Gasteiger partial charge in [0.15, 0.2) is 0 Å². The van der Waals surface area contributed by atoms with Gasteiger partial charge in [-0.05, 0) is 48.9 Å². The molecule has 0 aliphatic heterocycles. The minimum atomic E-state index is -0.493. The third-order valence-electron chi connectivity index (χ3n) is 2.85. The lowest BCUT2D eigenvalue weighted by Gasteiger charge is -2.07. The van der Waals surface area contributed by atoms with E-state index in [0.29, 0.717) is 16.8 Å². The van der Waals surface area contributed by atoms with E-state index < -0.39 is 17.7 Å². The Labute approximate surface area is 121 Å². The maximum absolute atomic E-state index is 13.3. The molecule has 1 amide bonds. The van der Waals surface area contributed by atoms with Crippen molar-refractivity contribution in [1.29, 1.82) is 0 Å². The molecule has 0 radical (unpaired) electrons. The maximum atomic E-state index is 13.3. The fourth-order valence-corrected chi connectivity index (χ4v) is 1.91. The number of aryl methyl sites for hydroxylation is 1. The molecule has 0 saturated heterocycles. The second-order valence-corrected chi connectivity index (χ2v) is 4.54. The van der Waals surface area contributed by atoms with Crippen molar-refractivity contribution in [3.8, 4) is 0 Å². The molecule has 0 fully saturated rings. The third-order valence-corrected chi connectivity index (χ3v) is 2.85. The Morgan fingerprint density at radius 3 is 2.52 bits per heavy atom. The molecular weight excluding hydrogens is 273 g/mol. The van der Waals surface area contributed by atoms with Gasteiger partial charge in [0, 0.05) is 11.3 Å². The molecule has 0 aromatic heterocycles. The molecule has 0 aliphatic rings. The largest absolute Gasteiger partial charge is 0.465 e. The predicted molar refractivity (Wildman–Crippen MR) is 76.9 cm³/mol. The van der Waals surface area contributed by atoms with Crippen LogP contribution < -0.4 is 5.32 Å². The van der Waals surface area contributed by atoms with Crippen LogP contribution in [0.4, 0.5) is 10.1 Å². The van der Waals surface area contributed by atoms with Crippen LogP contribution in [0.5, 0.6) is 0 Å². The molecule has 0 aliphatic carbocycles. The number of ether oxygens (including phenoxy) is 1. The van der Waals surface area contributed by atoms with Gasteiger partial charge in [-0.2, -0.15) is 0 Å². The van der Waals surface area contributed by atoms with E-state index in [2.05, 4.69) is 10.1 Å². The van der Waals surface area contributed by atoms with Crippen LogP contribution in [0, 0.1) is 12.7 Å². The second kappa shape index (κ2) is 6.17. The Kier molecular flexibility index (Phi) is 4.33. The van der Waals surface area contributed by atoms with Crippen LogP contribution in [-0.4, -0.2) is 19.0 Å². The summed E-state index contributed by atoms with van der Waals surface area (Å²) in [6.45, 7) is 1.71. The molecule has 0 bridgehead atoms. The number of nitrogens with one attached hydrogen (secondary N) is 1. The van der Waals surface area contributed by atoms with Crippen LogP contribution in [0.3, 0.4) is 0 Å². The Morgan fingerprint density at radius 2 is 1.86 bits per heavy atom. The number of carbonyl (C=O) groups is 2. The van der Waals surface area contributed by atoms with Gasteiger partial charge in [-0.3, -0.25) is 4.79 Å². The van der Waals surface area contributed by atoms with E-state index in [1.807, 2.05) is 0 Å². The molecule has 0 unspecified atom stereocenters. The minimum Gasteiger partial charge on any atom is -0.465 e. The van der Waals surface area contributed by atoms with Crippen molar-refractivity contribution in [3.05, 3.63) is 65.0 Å². The lowest BCUT2D eigenvalue weighted by molar-refractivity contribution is 0.0600. The molecule has 21 heavy (non-hydrogen) atoms. The maximum Gasteiger partial charge on any atom is 0.337 e. The lowest BCUT2D eigenvalue weighted by Crippen LogP contribution is -2.13. The molecule has 2 aromatic carbocycles. The van der Waals surface area contributed by atoms with Gasteiger partial charge in [0.05, 0.1) is 12.7 Å². The van der Waals surface area contributed by atoms with Crippen molar-refractivity contribution >= 4 is 17.6 Å². The lowest BCUT2D eigenvalue weighted by atomic mass is 10.1. The highest BCUT2D eigenvalue weighted by atomic mass is 19.1.